The smallest absolute Gasteiger partial charge is 0.389 e. The fourth-order valence-electron chi connectivity index (χ4n) is 1.24. The van der Waals surface area contributed by atoms with E-state index in [1.807, 2.05) is 0 Å². The van der Waals surface area contributed by atoms with Gasteiger partial charge in [-0.3, -0.25) is 4.79 Å². The Balaban J connectivity index is 2.73. The Hall–Kier alpha value is -1.04. The minimum Gasteiger partial charge on any atom is -0.496 e. The molecule has 0 aliphatic rings. The number of carbonyl (C=O) groups excluding carboxylic acids is 1. The minimum absolute atomic E-state index is 0.238. The van der Waals surface area contributed by atoms with Crippen LogP contribution in [0.1, 0.15) is 23.2 Å². The summed E-state index contributed by atoms with van der Waals surface area (Å²) in [6.45, 7) is 0. The number of rotatable bonds is 4. The van der Waals surface area contributed by atoms with E-state index in [4.69, 9.17) is 4.74 Å². The summed E-state index contributed by atoms with van der Waals surface area (Å²) in [6.07, 6.45) is -5.95. The lowest BCUT2D eigenvalue weighted by Gasteiger charge is -2.07. The number of Topliss-reactive ketones (excluding diaryl/α,β-unsaturated/α-hetero) is 1. The van der Waals surface area contributed by atoms with Gasteiger partial charge in [0.25, 0.3) is 0 Å². The van der Waals surface area contributed by atoms with Crippen LogP contribution in [0.2, 0.25) is 0 Å². The van der Waals surface area contributed by atoms with Gasteiger partial charge in [-0.1, -0.05) is 0 Å². The number of ether oxygens (including phenoxy) is 1. The number of methoxy groups -OCH3 is 1. The third-order valence-corrected chi connectivity index (χ3v) is 2.73. The van der Waals surface area contributed by atoms with Crippen molar-refractivity contribution in [2.75, 3.05) is 7.11 Å². The highest BCUT2D eigenvalue weighted by atomic mass is 79.9. The molecular weight excluding hydrogens is 301 g/mol. The van der Waals surface area contributed by atoms with Crippen molar-refractivity contribution in [3.05, 3.63) is 28.2 Å². The van der Waals surface area contributed by atoms with Gasteiger partial charge in [0.1, 0.15) is 5.75 Å². The Bertz CT molecular complexity index is 416. The van der Waals surface area contributed by atoms with Gasteiger partial charge in [-0.25, -0.2) is 0 Å². The van der Waals surface area contributed by atoms with Crippen molar-refractivity contribution in [2.45, 2.75) is 19.0 Å². The van der Waals surface area contributed by atoms with E-state index in [1.54, 1.807) is 0 Å². The van der Waals surface area contributed by atoms with Gasteiger partial charge in [-0.2, -0.15) is 13.2 Å². The maximum absolute atomic E-state index is 11.9. The highest BCUT2D eigenvalue weighted by Crippen LogP contribution is 2.27. The SMILES string of the molecule is COc1ccc(C(=O)CCC(F)(F)F)cc1Br. The van der Waals surface area contributed by atoms with Crippen molar-refractivity contribution >= 4 is 21.7 Å². The van der Waals surface area contributed by atoms with Crippen molar-refractivity contribution < 1.29 is 22.7 Å². The predicted octanol–water partition coefficient (Wildman–Crippen LogP) is 3.98. The molecule has 0 fully saturated rings. The Labute approximate surface area is 105 Å². The van der Waals surface area contributed by atoms with Crippen molar-refractivity contribution in [3.63, 3.8) is 0 Å². The van der Waals surface area contributed by atoms with E-state index < -0.39 is 24.8 Å². The summed E-state index contributed by atoms with van der Waals surface area (Å²) in [6, 6.07) is 4.44. The summed E-state index contributed by atoms with van der Waals surface area (Å²) in [7, 11) is 1.46. The molecule has 6 heteroatoms. The number of carbonyl (C=O) groups is 1. The van der Waals surface area contributed by atoms with Crippen molar-refractivity contribution in [3.8, 4) is 5.75 Å². The zero-order valence-corrected chi connectivity index (χ0v) is 10.6. The third kappa shape index (κ3) is 4.38. The van der Waals surface area contributed by atoms with Gasteiger partial charge in [0, 0.05) is 12.0 Å². The largest absolute Gasteiger partial charge is 0.496 e. The van der Waals surface area contributed by atoms with Crippen molar-refractivity contribution in [2.24, 2.45) is 0 Å². The third-order valence-electron chi connectivity index (χ3n) is 2.11. The lowest BCUT2D eigenvalue weighted by Crippen LogP contribution is -2.11. The second-order valence-electron chi connectivity index (χ2n) is 3.39. The zero-order chi connectivity index (χ0) is 13.1. The van der Waals surface area contributed by atoms with Gasteiger partial charge in [0.05, 0.1) is 18.0 Å². The molecule has 1 rings (SSSR count). The zero-order valence-electron chi connectivity index (χ0n) is 8.97. The molecule has 1 aromatic carbocycles. The number of hydrogen-bond acceptors (Lipinski definition) is 2. The molecule has 2 nitrogen and oxygen atoms in total. The molecule has 0 saturated carbocycles. The van der Waals surface area contributed by atoms with E-state index in [-0.39, 0.29) is 5.56 Å². The van der Waals surface area contributed by atoms with Crippen LogP contribution in [0.3, 0.4) is 0 Å². The second-order valence-corrected chi connectivity index (χ2v) is 4.24. The summed E-state index contributed by atoms with van der Waals surface area (Å²) in [5.41, 5.74) is 0.238. The highest BCUT2D eigenvalue weighted by molar-refractivity contribution is 9.10. The first-order valence-corrected chi connectivity index (χ1v) is 5.56. The lowest BCUT2D eigenvalue weighted by molar-refractivity contribution is -0.133. The number of halogens is 4. The first-order chi connectivity index (χ1) is 7.83. The molecular formula is C11H10BrF3O2. The fourth-order valence-corrected chi connectivity index (χ4v) is 1.78. The summed E-state index contributed by atoms with van der Waals surface area (Å²) < 4.78 is 41.3. The topological polar surface area (TPSA) is 26.3 Å². The first kappa shape index (κ1) is 14.0. The number of alkyl halides is 3. The summed E-state index contributed by atoms with van der Waals surface area (Å²) >= 11 is 3.17. The van der Waals surface area contributed by atoms with Crippen LogP contribution in [0, 0.1) is 0 Å². The van der Waals surface area contributed by atoms with Crippen LogP contribution >= 0.6 is 15.9 Å². The Morgan fingerprint density at radius 3 is 2.53 bits per heavy atom. The molecule has 94 valence electrons. The van der Waals surface area contributed by atoms with Gasteiger partial charge in [0.2, 0.25) is 0 Å². The number of benzene rings is 1. The molecule has 0 aromatic heterocycles. The molecule has 1 aromatic rings. The highest BCUT2D eigenvalue weighted by Gasteiger charge is 2.28. The minimum atomic E-state index is -4.31. The van der Waals surface area contributed by atoms with Gasteiger partial charge >= 0.3 is 6.18 Å². The average Bonchev–Trinajstić information content (AvgIpc) is 2.24. The molecule has 0 amide bonds. The fraction of sp³-hybridized carbons (Fsp3) is 0.364. The summed E-state index contributed by atoms with van der Waals surface area (Å²) in [4.78, 5) is 11.5. The molecule has 0 aliphatic heterocycles. The van der Waals surface area contributed by atoms with Gasteiger partial charge in [0.15, 0.2) is 5.78 Å². The first-order valence-electron chi connectivity index (χ1n) is 4.77. The summed E-state index contributed by atoms with van der Waals surface area (Å²) in [5.74, 6) is -0.0111. The normalized spacial score (nSPS) is 11.4. The van der Waals surface area contributed by atoms with E-state index in [0.29, 0.717) is 10.2 Å². The molecule has 0 aliphatic carbocycles. The van der Waals surface area contributed by atoms with Crippen LogP contribution in [0.25, 0.3) is 0 Å². The molecule has 0 saturated heterocycles. The maximum Gasteiger partial charge on any atom is 0.389 e. The van der Waals surface area contributed by atoms with Crippen LogP contribution in [-0.2, 0) is 0 Å². The Morgan fingerprint density at radius 2 is 2.06 bits per heavy atom. The molecule has 17 heavy (non-hydrogen) atoms. The molecule has 0 atom stereocenters. The van der Waals surface area contributed by atoms with Crippen LogP contribution in [0.4, 0.5) is 13.2 Å². The van der Waals surface area contributed by atoms with Gasteiger partial charge < -0.3 is 4.74 Å². The molecule has 0 unspecified atom stereocenters. The van der Waals surface area contributed by atoms with Crippen molar-refractivity contribution in [1.82, 2.24) is 0 Å². The Morgan fingerprint density at radius 1 is 1.41 bits per heavy atom. The molecule has 0 N–H and O–H groups in total. The van der Waals surface area contributed by atoms with E-state index in [2.05, 4.69) is 15.9 Å². The standard InChI is InChI=1S/C11H10BrF3O2/c1-17-10-3-2-7(6-8(10)12)9(16)4-5-11(13,14)15/h2-3,6H,4-5H2,1H3. The maximum atomic E-state index is 11.9. The van der Waals surface area contributed by atoms with Gasteiger partial charge in [-0.15, -0.1) is 0 Å². The molecule has 0 radical (unpaired) electrons. The van der Waals surface area contributed by atoms with E-state index >= 15 is 0 Å². The van der Waals surface area contributed by atoms with Crippen molar-refractivity contribution in [1.29, 1.82) is 0 Å². The molecule has 0 bridgehead atoms. The monoisotopic (exact) mass is 310 g/mol. The molecule has 0 heterocycles. The van der Waals surface area contributed by atoms with Crippen LogP contribution in [0.15, 0.2) is 22.7 Å². The van der Waals surface area contributed by atoms with Crippen LogP contribution in [0.5, 0.6) is 5.75 Å². The molecule has 0 spiro atoms. The average molecular weight is 311 g/mol. The van der Waals surface area contributed by atoms with E-state index in [0.717, 1.165) is 0 Å². The number of ketones is 1. The quantitative estimate of drug-likeness (QED) is 0.786. The second kappa shape index (κ2) is 5.53. The lowest BCUT2D eigenvalue weighted by atomic mass is 10.1. The predicted molar refractivity (Wildman–Crippen MR) is 60.3 cm³/mol. The van der Waals surface area contributed by atoms with Crippen LogP contribution < -0.4 is 4.74 Å². The van der Waals surface area contributed by atoms with E-state index in [9.17, 15) is 18.0 Å². The van der Waals surface area contributed by atoms with Crippen LogP contribution in [-0.4, -0.2) is 19.1 Å². The van der Waals surface area contributed by atoms with E-state index in [1.165, 1.54) is 25.3 Å². The van der Waals surface area contributed by atoms with Gasteiger partial charge in [-0.05, 0) is 34.1 Å². The number of hydrogen-bond donors (Lipinski definition) is 0. The Kier molecular flexibility index (Phi) is 4.56. The summed E-state index contributed by atoms with van der Waals surface area (Å²) in [5, 5.41) is 0.